The monoisotopic (exact) mass is 235 g/mol. The van der Waals surface area contributed by atoms with Crippen LogP contribution in [0.15, 0.2) is 24.3 Å². The van der Waals surface area contributed by atoms with Crippen molar-refractivity contribution in [3.63, 3.8) is 0 Å². The predicted octanol–water partition coefficient (Wildman–Crippen LogP) is 3.06. The number of anilines is 1. The Morgan fingerprint density at radius 1 is 1.18 bits per heavy atom. The van der Waals surface area contributed by atoms with Crippen molar-refractivity contribution in [1.82, 2.24) is 0 Å². The molecule has 94 valence electrons. The van der Waals surface area contributed by atoms with E-state index in [-0.39, 0.29) is 6.10 Å². The van der Waals surface area contributed by atoms with E-state index in [2.05, 4.69) is 17.4 Å². The minimum Gasteiger partial charge on any atom is -0.491 e. The number of hydrogen-bond donors (Lipinski definition) is 1. The molecule has 0 aromatic heterocycles. The second-order valence-electron chi connectivity index (χ2n) is 4.72. The summed E-state index contributed by atoms with van der Waals surface area (Å²) in [4.78, 5) is 0. The molecule has 1 aromatic rings. The summed E-state index contributed by atoms with van der Waals surface area (Å²) in [6.07, 6.45) is 2.40. The van der Waals surface area contributed by atoms with Crippen molar-refractivity contribution in [3.8, 4) is 5.75 Å². The van der Waals surface area contributed by atoms with E-state index in [0.717, 1.165) is 37.5 Å². The summed E-state index contributed by atoms with van der Waals surface area (Å²) < 4.78 is 11.0. The molecule has 1 saturated heterocycles. The van der Waals surface area contributed by atoms with Crippen LogP contribution in [0.25, 0.3) is 0 Å². The number of ether oxygens (including phenoxy) is 2. The van der Waals surface area contributed by atoms with Crippen molar-refractivity contribution in [3.05, 3.63) is 24.3 Å². The lowest BCUT2D eigenvalue weighted by atomic mass is 10.1. The Morgan fingerprint density at radius 3 is 2.41 bits per heavy atom. The topological polar surface area (TPSA) is 30.5 Å². The molecule has 17 heavy (non-hydrogen) atoms. The molecule has 0 atom stereocenters. The standard InChI is InChI=1S/C14H21NO2/c1-11(2)17-14-5-3-12(4-6-14)15-13-7-9-16-10-8-13/h3-6,11,13,15H,7-10H2,1-2H3. The first-order chi connectivity index (χ1) is 8.24. The maximum absolute atomic E-state index is 5.61. The summed E-state index contributed by atoms with van der Waals surface area (Å²) in [6.45, 7) is 5.81. The first-order valence-electron chi connectivity index (χ1n) is 6.35. The van der Waals surface area contributed by atoms with Crippen LogP contribution in [0, 0.1) is 0 Å². The highest BCUT2D eigenvalue weighted by molar-refractivity contribution is 5.47. The summed E-state index contributed by atoms with van der Waals surface area (Å²) >= 11 is 0. The summed E-state index contributed by atoms with van der Waals surface area (Å²) in [5.41, 5.74) is 1.16. The van der Waals surface area contributed by atoms with Crippen molar-refractivity contribution >= 4 is 5.69 Å². The van der Waals surface area contributed by atoms with E-state index in [1.165, 1.54) is 0 Å². The van der Waals surface area contributed by atoms with E-state index in [1.54, 1.807) is 0 Å². The molecule has 1 aliphatic heterocycles. The molecule has 1 N–H and O–H groups in total. The van der Waals surface area contributed by atoms with Crippen LogP contribution in [0.3, 0.4) is 0 Å². The van der Waals surface area contributed by atoms with Gasteiger partial charge >= 0.3 is 0 Å². The molecule has 1 fully saturated rings. The molecule has 0 saturated carbocycles. The van der Waals surface area contributed by atoms with Crippen LogP contribution in [0.2, 0.25) is 0 Å². The molecule has 0 radical (unpaired) electrons. The fourth-order valence-electron chi connectivity index (χ4n) is 1.98. The summed E-state index contributed by atoms with van der Waals surface area (Å²) in [7, 11) is 0. The number of hydrogen-bond acceptors (Lipinski definition) is 3. The molecule has 1 heterocycles. The third kappa shape index (κ3) is 3.93. The molecule has 1 aromatic carbocycles. The molecule has 0 bridgehead atoms. The SMILES string of the molecule is CC(C)Oc1ccc(NC2CCOCC2)cc1. The van der Waals surface area contributed by atoms with Gasteiger partial charge in [0, 0.05) is 24.9 Å². The van der Waals surface area contributed by atoms with Gasteiger partial charge in [0.05, 0.1) is 6.10 Å². The van der Waals surface area contributed by atoms with E-state index >= 15 is 0 Å². The Morgan fingerprint density at radius 2 is 1.82 bits per heavy atom. The van der Waals surface area contributed by atoms with E-state index in [1.807, 2.05) is 26.0 Å². The molecule has 2 rings (SSSR count). The normalized spacial score (nSPS) is 17.1. The van der Waals surface area contributed by atoms with Gasteiger partial charge in [-0.3, -0.25) is 0 Å². The molecule has 3 nitrogen and oxygen atoms in total. The van der Waals surface area contributed by atoms with Crippen molar-refractivity contribution < 1.29 is 9.47 Å². The van der Waals surface area contributed by atoms with E-state index in [9.17, 15) is 0 Å². The molecular weight excluding hydrogens is 214 g/mol. The van der Waals surface area contributed by atoms with Crippen molar-refractivity contribution in [2.45, 2.75) is 38.8 Å². The molecule has 0 spiro atoms. The number of nitrogens with one attached hydrogen (secondary N) is 1. The first-order valence-corrected chi connectivity index (χ1v) is 6.35. The minimum absolute atomic E-state index is 0.226. The highest BCUT2D eigenvalue weighted by Crippen LogP contribution is 2.19. The van der Waals surface area contributed by atoms with Crippen LogP contribution in [0.1, 0.15) is 26.7 Å². The Hall–Kier alpha value is -1.22. The predicted molar refractivity (Wildman–Crippen MR) is 69.7 cm³/mol. The second-order valence-corrected chi connectivity index (χ2v) is 4.72. The van der Waals surface area contributed by atoms with Crippen molar-refractivity contribution in [2.24, 2.45) is 0 Å². The van der Waals surface area contributed by atoms with Gasteiger partial charge in [0.15, 0.2) is 0 Å². The molecular formula is C14H21NO2. The van der Waals surface area contributed by atoms with Gasteiger partial charge in [0.1, 0.15) is 5.75 Å². The summed E-state index contributed by atoms with van der Waals surface area (Å²) in [6, 6.07) is 8.73. The van der Waals surface area contributed by atoms with Gasteiger partial charge in [-0.2, -0.15) is 0 Å². The van der Waals surface area contributed by atoms with Crippen LogP contribution in [0.5, 0.6) is 5.75 Å². The van der Waals surface area contributed by atoms with Crippen molar-refractivity contribution in [2.75, 3.05) is 18.5 Å². The quantitative estimate of drug-likeness (QED) is 0.870. The first kappa shape index (κ1) is 12.2. The van der Waals surface area contributed by atoms with Gasteiger partial charge in [-0.15, -0.1) is 0 Å². The van der Waals surface area contributed by atoms with Gasteiger partial charge in [0.25, 0.3) is 0 Å². The highest BCUT2D eigenvalue weighted by Gasteiger charge is 2.12. The van der Waals surface area contributed by atoms with Gasteiger partial charge < -0.3 is 14.8 Å². The lowest BCUT2D eigenvalue weighted by Crippen LogP contribution is -2.27. The van der Waals surface area contributed by atoms with Gasteiger partial charge in [0.2, 0.25) is 0 Å². The summed E-state index contributed by atoms with van der Waals surface area (Å²) in [5.74, 6) is 0.928. The smallest absolute Gasteiger partial charge is 0.119 e. The Bertz CT molecular complexity index is 329. The Kier molecular flexibility index (Phi) is 4.26. The fraction of sp³-hybridized carbons (Fsp3) is 0.571. The molecule has 1 aliphatic rings. The third-order valence-corrected chi connectivity index (χ3v) is 2.82. The lowest BCUT2D eigenvalue weighted by molar-refractivity contribution is 0.0904. The maximum atomic E-state index is 5.61. The largest absolute Gasteiger partial charge is 0.491 e. The average Bonchev–Trinajstić information content (AvgIpc) is 2.32. The highest BCUT2D eigenvalue weighted by atomic mass is 16.5. The van der Waals surface area contributed by atoms with E-state index < -0.39 is 0 Å². The molecule has 0 aliphatic carbocycles. The van der Waals surface area contributed by atoms with Crippen molar-refractivity contribution in [1.29, 1.82) is 0 Å². The van der Waals surface area contributed by atoms with Crippen LogP contribution < -0.4 is 10.1 Å². The zero-order chi connectivity index (χ0) is 12.1. The fourth-order valence-corrected chi connectivity index (χ4v) is 1.98. The summed E-state index contributed by atoms with van der Waals surface area (Å²) in [5, 5.41) is 3.53. The number of rotatable bonds is 4. The molecule has 0 unspecified atom stereocenters. The van der Waals surface area contributed by atoms with Crippen LogP contribution in [-0.2, 0) is 4.74 Å². The molecule has 3 heteroatoms. The van der Waals surface area contributed by atoms with Crippen LogP contribution in [-0.4, -0.2) is 25.4 Å². The lowest BCUT2D eigenvalue weighted by Gasteiger charge is -2.24. The second kappa shape index (κ2) is 5.92. The van der Waals surface area contributed by atoms with E-state index in [0.29, 0.717) is 6.04 Å². The average molecular weight is 235 g/mol. The minimum atomic E-state index is 0.226. The third-order valence-electron chi connectivity index (χ3n) is 2.82. The number of benzene rings is 1. The van der Waals surface area contributed by atoms with Crippen LogP contribution >= 0.6 is 0 Å². The molecule has 0 amide bonds. The van der Waals surface area contributed by atoms with Gasteiger partial charge in [-0.25, -0.2) is 0 Å². The van der Waals surface area contributed by atoms with Gasteiger partial charge in [-0.1, -0.05) is 0 Å². The Balaban J connectivity index is 1.88. The maximum Gasteiger partial charge on any atom is 0.119 e. The van der Waals surface area contributed by atoms with Crippen LogP contribution in [0.4, 0.5) is 5.69 Å². The zero-order valence-electron chi connectivity index (χ0n) is 10.6. The zero-order valence-corrected chi connectivity index (χ0v) is 10.6. The van der Waals surface area contributed by atoms with Gasteiger partial charge in [-0.05, 0) is 51.0 Å². The Labute approximate surface area is 103 Å². The van der Waals surface area contributed by atoms with E-state index in [4.69, 9.17) is 9.47 Å².